The van der Waals surface area contributed by atoms with Gasteiger partial charge in [-0.1, -0.05) is 42.1 Å². The minimum atomic E-state index is -4.62. The number of carbonyl (C=O) groups is 1. The first-order chi connectivity index (χ1) is 12.8. The molecule has 0 atom stereocenters. The fraction of sp³-hybridized carbons (Fsp3) is 0.111. The Balaban J connectivity index is 1.88. The number of nitrogens with one attached hydrogen (secondary N) is 1. The van der Waals surface area contributed by atoms with Gasteiger partial charge in [0.25, 0.3) is 5.91 Å². The molecular weight excluding hydrogens is 443 g/mol. The molecule has 1 amide bonds. The summed E-state index contributed by atoms with van der Waals surface area (Å²) < 4.78 is 39.5. The monoisotopic (exact) mass is 455 g/mol. The molecule has 27 heavy (non-hydrogen) atoms. The summed E-state index contributed by atoms with van der Waals surface area (Å²) in [5.74, 6) is -0.728. The predicted octanol–water partition coefficient (Wildman–Crippen LogP) is 5.60. The molecule has 0 aliphatic rings. The number of hydrogen-bond donors (Lipinski definition) is 1. The number of rotatable bonds is 4. The topological polar surface area (TPSA) is 46.9 Å². The Bertz CT molecular complexity index is 974. The summed E-state index contributed by atoms with van der Waals surface area (Å²) in [6, 6.07) is 16.6. The Morgan fingerprint density at radius 2 is 1.74 bits per heavy atom. The van der Waals surface area contributed by atoms with Crippen molar-refractivity contribution in [1.29, 1.82) is 0 Å². The van der Waals surface area contributed by atoms with Gasteiger partial charge in [-0.2, -0.15) is 18.3 Å². The van der Waals surface area contributed by atoms with E-state index >= 15 is 0 Å². The first-order valence-electron chi connectivity index (χ1n) is 7.70. The second-order valence-electron chi connectivity index (χ2n) is 5.50. The van der Waals surface area contributed by atoms with Crippen molar-refractivity contribution < 1.29 is 18.0 Å². The largest absolute Gasteiger partial charge is 0.434 e. The van der Waals surface area contributed by atoms with Gasteiger partial charge in [0.15, 0.2) is 11.4 Å². The van der Waals surface area contributed by atoms with Crippen LogP contribution in [0.3, 0.4) is 0 Å². The minimum Gasteiger partial charge on any atom is -0.320 e. The molecule has 0 saturated heterocycles. The molecule has 0 radical (unpaired) electrons. The highest BCUT2D eigenvalue weighted by Crippen LogP contribution is 2.37. The fourth-order valence-electron chi connectivity index (χ4n) is 2.41. The Hall–Kier alpha value is -2.26. The maximum atomic E-state index is 13.1. The zero-order chi connectivity index (χ0) is 19.6. The third-order valence-corrected chi connectivity index (χ3v) is 5.41. The smallest absolute Gasteiger partial charge is 0.320 e. The molecule has 0 saturated carbocycles. The van der Waals surface area contributed by atoms with Crippen LogP contribution in [-0.4, -0.2) is 15.7 Å². The number of amides is 1. The highest BCUT2D eigenvalue weighted by molar-refractivity contribution is 9.10. The second kappa shape index (κ2) is 7.77. The van der Waals surface area contributed by atoms with Crippen LogP contribution in [-0.2, 0) is 13.2 Å². The number of halogens is 4. The van der Waals surface area contributed by atoms with Crippen LogP contribution in [0.1, 0.15) is 16.2 Å². The lowest BCUT2D eigenvalue weighted by atomic mass is 10.3. The second-order valence-corrected chi connectivity index (χ2v) is 7.41. The standard InChI is InChI=1S/C18H13BrF3N3OS/c1-25-16(18(20,21)22)14(19)15(24-25)17(26)23-12-9-5-6-10-13(12)27-11-7-3-2-4-8-11/h2-10H,1H3,(H,23,26). The number of alkyl halides is 3. The molecular formula is C18H13BrF3N3OS. The minimum absolute atomic E-state index is 0.329. The van der Waals surface area contributed by atoms with Crippen molar-refractivity contribution in [2.45, 2.75) is 16.0 Å². The number of aryl methyl sites for hydroxylation is 1. The van der Waals surface area contributed by atoms with E-state index in [1.165, 1.54) is 11.8 Å². The summed E-state index contributed by atoms with van der Waals surface area (Å²) in [7, 11) is 1.14. The number of aromatic nitrogens is 2. The van der Waals surface area contributed by atoms with Crippen LogP contribution < -0.4 is 5.32 Å². The number of hydrogen-bond acceptors (Lipinski definition) is 3. The van der Waals surface area contributed by atoms with Crippen LogP contribution in [0.2, 0.25) is 0 Å². The van der Waals surface area contributed by atoms with Crippen molar-refractivity contribution in [2.75, 3.05) is 5.32 Å². The van der Waals surface area contributed by atoms with Gasteiger partial charge in [0, 0.05) is 16.8 Å². The van der Waals surface area contributed by atoms with Crippen molar-refractivity contribution in [2.24, 2.45) is 7.05 Å². The number of carbonyl (C=O) groups excluding carboxylic acids is 1. The van der Waals surface area contributed by atoms with Crippen LogP contribution in [0.4, 0.5) is 18.9 Å². The molecule has 2 aromatic carbocycles. The van der Waals surface area contributed by atoms with Gasteiger partial charge in [0.1, 0.15) is 0 Å². The molecule has 4 nitrogen and oxygen atoms in total. The van der Waals surface area contributed by atoms with E-state index in [0.717, 1.165) is 16.8 Å². The summed E-state index contributed by atoms with van der Waals surface area (Å²) in [4.78, 5) is 14.3. The first kappa shape index (κ1) is 19.5. The van der Waals surface area contributed by atoms with Crippen LogP contribution >= 0.6 is 27.7 Å². The number of para-hydroxylation sites is 1. The van der Waals surface area contributed by atoms with Crippen LogP contribution in [0.5, 0.6) is 0 Å². The Labute approximate surface area is 165 Å². The molecule has 1 heterocycles. The number of nitrogens with zero attached hydrogens (tertiary/aromatic N) is 2. The Morgan fingerprint density at radius 1 is 1.11 bits per heavy atom. The molecule has 140 valence electrons. The van der Waals surface area contributed by atoms with E-state index in [1.807, 2.05) is 42.5 Å². The summed E-state index contributed by atoms with van der Waals surface area (Å²) >= 11 is 4.29. The van der Waals surface area contributed by atoms with Gasteiger partial charge in [-0.15, -0.1) is 0 Å². The Kier molecular flexibility index (Phi) is 5.61. The van der Waals surface area contributed by atoms with E-state index in [9.17, 15) is 18.0 Å². The van der Waals surface area contributed by atoms with Crippen molar-refractivity contribution in [1.82, 2.24) is 9.78 Å². The molecule has 0 spiro atoms. The lowest BCUT2D eigenvalue weighted by molar-refractivity contribution is -0.144. The predicted molar refractivity (Wildman–Crippen MR) is 101 cm³/mol. The normalized spacial score (nSPS) is 11.4. The van der Waals surface area contributed by atoms with Crippen LogP contribution in [0, 0.1) is 0 Å². The highest BCUT2D eigenvalue weighted by Gasteiger charge is 2.39. The number of benzene rings is 2. The molecule has 9 heteroatoms. The zero-order valence-corrected chi connectivity index (χ0v) is 16.3. The van der Waals surface area contributed by atoms with Crippen LogP contribution in [0.15, 0.2) is 68.9 Å². The van der Waals surface area contributed by atoms with E-state index in [-0.39, 0.29) is 10.2 Å². The van der Waals surface area contributed by atoms with Gasteiger partial charge >= 0.3 is 6.18 Å². The molecule has 0 unspecified atom stereocenters. The lowest BCUT2D eigenvalue weighted by Crippen LogP contribution is -2.14. The van der Waals surface area contributed by atoms with Gasteiger partial charge in [-0.25, -0.2) is 0 Å². The van der Waals surface area contributed by atoms with Gasteiger partial charge in [0.2, 0.25) is 0 Å². The molecule has 0 fully saturated rings. The zero-order valence-electron chi connectivity index (χ0n) is 13.9. The Morgan fingerprint density at radius 3 is 2.37 bits per heavy atom. The van der Waals surface area contributed by atoms with Crippen molar-refractivity contribution >= 4 is 39.3 Å². The van der Waals surface area contributed by atoms with Gasteiger partial charge in [-0.3, -0.25) is 9.48 Å². The maximum Gasteiger partial charge on any atom is 0.434 e. The van der Waals surface area contributed by atoms with E-state index in [0.29, 0.717) is 10.4 Å². The highest BCUT2D eigenvalue weighted by atomic mass is 79.9. The third-order valence-electron chi connectivity index (χ3n) is 3.58. The average molecular weight is 456 g/mol. The van der Waals surface area contributed by atoms with Gasteiger partial charge < -0.3 is 5.32 Å². The molecule has 1 N–H and O–H groups in total. The van der Waals surface area contributed by atoms with E-state index in [4.69, 9.17) is 0 Å². The van der Waals surface area contributed by atoms with Crippen molar-refractivity contribution in [3.8, 4) is 0 Å². The summed E-state index contributed by atoms with van der Waals surface area (Å²) in [5, 5.41) is 6.36. The first-order valence-corrected chi connectivity index (χ1v) is 9.31. The van der Waals surface area contributed by atoms with Gasteiger partial charge in [0.05, 0.1) is 10.2 Å². The summed E-state index contributed by atoms with van der Waals surface area (Å²) in [5.41, 5.74) is -0.855. The van der Waals surface area contributed by atoms with Crippen LogP contribution in [0.25, 0.3) is 0 Å². The molecule has 0 aliphatic heterocycles. The van der Waals surface area contributed by atoms with Crippen molar-refractivity contribution in [3.05, 3.63) is 70.5 Å². The quantitative estimate of drug-likeness (QED) is 0.556. The van der Waals surface area contributed by atoms with Gasteiger partial charge in [-0.05, 0) is 40.2 Å². The number of anilines is 1. The molecule has 3 rings (SSSR count). The summed E-state index contributed by atoms with van der Waals surface area (Å²) in [6.07, 6.45) is -4.62. The van der Waals surface area contributed by atoms with E-state index in [2.05, 4.69) is 26.3 Å². The fourth-order valence-corrected chi connectivity index (χ4v) is 4.07. The van der Waals surface area contributed by atoms with E-state index < -0.39 is 17.8 Å². The summed E-state index contributed by atoms with van der Waals surface area (Å²) in [6.45, 7) is 0. The lowest BCUT2D eigenvalue weighted by Gasteiger charge is -2.10. The maximum absolute atomic E-state index is 13.1. The molecule has 1 aromatic heterocycles. The van der Waals surface area contributed by atoms with Crippen molar-refractivity contribution in [3.63, 3.8) is 0 Å². The average Bonchev–Trinajstić information content (AvgIpc) is 2.92. The molecule has 3 aromatic rings. The molecule has 0 aliphatic carbocycles. The third kappa shape index (κ3) is 4.36. The molecule has 0 bridgehead atoms. The van der Waals surface area contributed by atoms with E-state index in [1.54, 1.807) is 12.1 Å². The SMILES string of the molecule is Cn1nc(C(=O)Nc2ccccc2Sc2ccccc2)c(Br)c1C(F)(F)F.